The maximum atomic E-state index is 12.3. The Morgan fingerprint density at radius 1 is 1.43 bits per heavy atom. The molecule has 1 heterocycles. The lowest BCUT2D eigenvalue weighted by molar-refractivity contribution is 0.0522. The third kappa shape index (κ3) is 3.74. The van der Waals surface area contributed by atoms with Crippen LogP contribution in [-0.2, 0) is 10.2 Å². The monoisotopic (exact) mass is 336 g/mol. The van der Waals surface area contributed by atoms with Gasteiger partial charge in [0.15, 0.2) is 0 Å². The lowest BCUT2D eigenvalue weighted by Gasteiger charge is -2.26. The van der Waals surface area contributed by atoms with Gasteiger partial charge in [0, 0.05) is 17.0 Å². The van der Waals surface area contributed by atoms with Crippen molar-refractivity contribution < 1.29 is 14.6 Å². The molecule has 0 amide bonds. The minimum Gasteiger partial charge on any atom is -0.462 e. The van der Waals surface area contributed by atoms with E-state index >= 15 is 0 Å². The fourth-order valence-corrected chi connectivity index (χ4v) is 2.74. The van der Waals surface area contributed by atoms with E-state index in [2.05, 4.69) is 5.10 Å². The first-order valence-corrected chi connectivity index (χ1v) is 7.91. The maximum Gasteiger partial charge on any atom is 0.341 e. The summed E-state index contributed by atoms with van der Waals surface area (Å²) in [7, 11) is 0. The minimum absolute atomic E-state index is 0.00991. The van der Waals surface area contributed by atoms with Crippen LogP contribution in [0.2, 0.25) is 5.02 Å². The van der Waals surface area contributed by atoms with Crippen LogP contribution < -0.4 is 0 Å². The standard InChI is InChI=1S/C17H21ClN2O3/c1-4-23-16(22)14-11-19-20(13-7-5-6-12(18)10-13)15(14)17(2,3)8-9-21/h5-7,10-11,21H,4,8-9H2,1-3H3. The molecule has 0 atom stereocenters. The van der Waals surface area contributed by atoms with Crippen molar-refractivity contribution in [1.29, 1.82) is 0 Å². The topological polar surface area (TPSA) is 64.3 Å². The van der Waals surface area contributed by atoms with Gasteiger partial charge in [-0.25, -0.2) is 9.48 Å². The molecule has 0 spiro atoms. The molecular formula is C17H21ClN2O3. The molecule has 0 fully saturated rings. The van der Waals surface area contributed by atoms with E-state index in [0.717, 1.165) is 5.69 Å². The zero-order chi connectivity index (χ0) is 17.0. The van der Waals surface area contributed by atoms with Crippen LogP contribution in [0.3, 0.4) is 0 Å². The van der Waals surface area contributed by atoms with E-state index in [1.54, 1.807) is 23.7 Å². The van der Waals surface area contributed by atoms with E-state index in [1.165, 1.54) is 6.20 Å². The fourth-order valence-electron chi connectivity index (χ4n) is 2.56. The number of esters is 1. The maximum absolute atomic E-state index is 12.3. The van der Waals surface area contributed by atoms with Crippen LogP contribution in [0.5, 0.6) is 0 Å². The van der Waals surface area contributed by atoms with E-state index in [1.807, 2.05) is 26.0 Å². The van der Waals surface area contributed by atoms with Crippen molar-refractivity contribution in [2.24, 2.45) is 0 Å². The summed E-state index contributed by atoms with van der Waals surface area (Å²) < 4.78 is 6.82. The van der Waals surface area contributed by atoms with Gasteiger partial charge in [-0.2, -0.15) is 5.10 Å². The summed E-state index contributed by atoms with van der Waals surface area (Å²) in [5.74, 6) is -0.415. The van der Waals surface area contributed by atoms with E-state index in [4.69, 9.17) is 16.3 Å². The lowest BCUT2D eigenvalue weighted by atomic mass is 9.83. The number of hydrogen-bond acceptors (Lipinski definition) is 4. The Balaban J connectivity index is 2.61. The number of carbonyl (C=O) groups is 1. The highest BCUT2D eigenvalue weighted by molar-refractivity contribution is 6.30. The van der Waals surface area contributed by atoms with Crippen molar-refractivity contribution in [3.63, 3.8) is 0 Å². The Morgan fingerprint density at radius 3 is 2.78 bits per heavy atom. The second-order valence-corrected chi connectivity index (χ2v) is 6.31. The predicted molar refractivity (Wildman–Crippen MR) is 89.3 cm³/mol. The number of carbonyl (C=O) groups excluding carboxylic acids is 1. The molecule has 2 rings (SSSR count). The second kappa shape index (κ2) is 7.15. The molecule has 5 nitrogen and oxygen atoms in total. The number of hydrogen-bond donors (Lipinski definition) is 1. The molecule has 0 saturated heterocycles. The van der Waals surface area contributed by atoms with Crippen molar-refractivity contribution >= 4 is 17.6 Å². The van der Waals surface area contributed by atoms with Crippen molar-refractivity contribution in [2.75, 3.05) is 13.2 Å². The predicted octanol–water partition coefficient (Wildman–Crippen LogP) is 3.36. The fraction of sp³-hybridized carbons (Fsp3) is 0.412. The van der Waals surface area contributed by atoms with Crippen molar-refractivity contribution in [3.8, 4) is 5.69 Å². The van der Waals surface area contributed by atoms with Crippen molar-refractivity contribution in [3.05, 3.63) is 46.7 Å². The number of aliphatic hydroxyl groups excluding tert-OH is 1. The Morgan fingerprint density at radius 2 is 2.17 bits per heavy atom. The van der Waals surface area contributed by atoms with Crippen LogP contribution in [0.4, 0.5) is 0 Å². The number of aromatic nitrogens is 2. The van der Waals surface area contributed by atoms with Crippen LogP contribution >= 0.6 is 11.6 Å². The molecule has 0 aliphatic heterocycles. The Hall–Kier alpha value is -1.85. The second-order valence-electron chi connectivity index (χ2n) is 5.88. The number of rotatable bonds is 6. The summed E-state index contributed by atoms with van der Waals surface area (Å²) in [5.41, 5.74) is 1.40. The third-order valence-electron chi connectivity index (χ3n) is 3.70. The zero-order valence-corrected chi connectivity index (χ0v) is 14.3. The quantitative estimate of drug-likeness (QED) is 0.821. The highest BCUT2D eigenvalue weighted by Gasteiger charge is 2.32. The molecule has 2 aromatic rings. The highest BCUT2D eigenvalue weighted by atomic mass is 35.5. The molecule has 6 heteroatoms. The third-order valence-corrected chi connectivity index (χ3v) is 3.93. The number of nitrogens with zero attached hydrogens (tertiary/aromatic N) is 2. The first kappa shape index (κ1) is 17.5. The van der Waals surface area contributed by atoms with Crippen LogP contribution in [0, 0.1) is 0 Å². The molecule has 1 aromatic heterocycles. The molecule has 0 radical (unpaired) electrons. The molecule has 0 unspecified atom stereocenters. The van der Waals surface area contributed by atoms with Gasteiger partial charge in [0.05, 0.1) is 24.2 Å². The summed E-state index contributed by atoms with van der Waals surface area (Å²) in [6.07, 6.45) is 2.00. The molecule has 0 bridgehead atoms. The van der Waals surface area contributed by atoms with Crippen LogP contribution in [-0.4, -0.2) is 34.1 Å². The Kier molecular flexibility index (Phi) is 5.44. The van der Waals surface area contributed by atoms with E-state index in [9.17, 15) is 9.90 Å². The molecule has 1 N–H and O–H groups in total. The number of ether oxygens (including phenoxy) is 1. The SMILES string of the molecule is CCOC(=O)c1cnn(-c2cccc(Cl)c2)c1C(C)(C)CCO. The average molecular weight is 337 g/mol. The Labute approximate surface area is 140 Å². The summed E-state index contributed by atoms with van der Waals surface area (Å²) >= 11 is 6.07. The molecule has 0 saturated carbocycles. The zero-order valence-electron chi connectivity index (χ0n) is 13.5. The molecule has 23 heavy (non-hydrogen) atoms. The van der Waals surface area contributed by atoms with Crippen molar-refractivity contribution in [2.45, 2.75) is 32.6 Å². The molecule has 1 aromatic carbocycles. The van der Waals surface area contributed by atoms with E-state index in [0.29, 0.717) is 29.3 Å². The van der Waals surface area contributed by atoms with Gasteiger partial charge in [0.25, 0.3) is 0 Å². The first-order chi connectivity index (χ1) is 10.9. The first-order valence-electron chi connectivity index (χ1n) is 7.53. The highest BCUT2D eigenvalue weighted by Crippen LogP contribution is 2.32. The average Bonchev–Trinajstić information content (AvgIpc) is 2.93. The Bertz CT molecular complexity index is 695. The van der Waals surface area contributed by atoms with Gasteiger partial charge in [0.2, 0.25) is 0 Å². The lowest BCUT2D eigenvalue weighted by Crippen LogP contribution is -2.26. The summed E-state index contributed by atoms with van der Waals surface area (Å²) in [6, 6.07) is 7.25. The summed E-state index contributed by atoms with van der Waals surface area (Å²) in [4.78, 5) is 12.3. The number of benzene rings is 1. The molecule has 0 aliphatic rings. The largest absolute Gasteiger partial charge is 0.462 e. The molecule has 124 valence electrons. The molecular weight excluding hydrogens is 316 g/mol. The van der Waals surface area contributed by atoms with E-state index < -0.39 is 11.4 Å². The van der Waals surface area contributed by atoms with Crippen molar-refractivity contribution in [1.82, 2.24) is 9.78 Å². The van der Waals surface area contributed by atoms with Gasteiger partial charge in [-0.1, -0.05) is 31.5 Å². The van der Waals surface area contributed by atoms with Crippen LogP contribution in [0.25, 0.3) is 5.69 Å². The van der Waals surface area contributed by atoms with Crippen LogP contribution in [0.1, 0.15) is 43.2 Å². The smallest absolute Gasteiger partial charge is 0.341 e. The van der Waals surface area contributed by atoms with E-state index in [-0.39, 0.29) is 6.61 Å². The van der Waals surface area contributed by atoms with Gasteiger partial charge >= 0.3 is 5.97 Å². The minimum atomic E-state index is -0.463. The normalized spacial score (nSPS) is 11.5. The summed E-state index contributed by atoms with van der Waals surface area (Å²) in [5, 5.41) is 14.3. The van der Waals surface area contributed by atoms with Gasteiger partial charge in [-0.05, 0) is 31.5 Å². The van der Waals surface area contributed by atoms with Crippen LogP contribution in [0.15, 0.2) is 30.5 Å². The number of halogens is 1. The summed E-state index contributed by atoms with van der Waals surface area (Å²) in [6.45, 7) is 5.99. The van der Waals surface area contributed by atoms with Gasteiger partial charge < -0.3 is 9.84 Å². The van der Waals surface area contributed by atoms with Gasteiger partial charge in [-0.15, -0.1) is 0 Å². The molecule has 0 aliphatic carbocycles. The van der Waals surface area contributed by atoms with Gasteiger partial charge in [0.1, 0.15) is 5.56 Å². The van der Waals surface area contributed by atoms with Gasteiger partial charge in [-0.3, -0.25) is 0 Å². The number of aliphatic hydroxyl groups is 1.